The van der Waals surface area contributed by atoms with E-state index in [4.69, 9.17) is 9.47 Å². The molecule has 0 aromatic rings. The van der Waals surface area contributed by atoms with Crippen molar-refractivity contribution in [2.75, 3.05) is 101 Å². The van der Waals surface area contributed by atoms with Crippen molar-refractivity contribution >= 4 is 70.9 Å². The lowest BCUT2D eigenvalue weighted by Crippen LogP contribution is -2.68. The summed E-state index contributed by atoms with van der Waals surface area (Å²) in [5.41, 5.74) is -1.66. The average Bonchev–Trinajstić information content (AvgIpc) is 1.65. The van der Waals surface area contributed by atoms with Crippen LogP contribution in [0.3, 0.4) is 0 Å². The molecule has 3 N–H and O–H groups in total. The van der Waals surface area contributed by atoms with Crippen LogP contribution in [-0.2, 0) is 67.0 Å². The molecule has 111 heavy (non-hydrogen) atoms. The van der Waals surface area contributed by atoms with Crippen molar-refractivity contribution in [2.45, 2.75) is 292 Å². The summed E-state index contributed by atoms with van der Waals surface area (Å²) in [5, 5.41) is 8.68. The normalized spacial score (nSPS) is 32.9. The molecule has 12 amide bonds. The van der Waals surface area contributed by atoms with Gasteiger partial charge in [0.15, 0.2) is 0 Å². The molecule has 0 aromatic heterocycles. The van der Waals surface area contributed by atoms with Gasteiger partial charge in [0, 0.05) is 81.5 Å². The fourth-order valence-electron chi connectivity index (χ4n) is 18.9. The van der Waals surface area contributed by atoms with Crippen molar-refractivity contribution in [1.82, 2.24) is 60.0 Å². The minimum Gasteiger partial charge on any atom is -0.378 e. The maximum atomic E-state index is 15.9. The van der Waals surface area contributed by atoms with Crippen LogP contribution in [-0.4, -0.2) is 301 Å². The number of likely N-dealkylation sites (N-methyl/N-ethyl adjacent to an activating group) is 6. The molecule has 2 bridgehead atoms. The molecule has 5 aliphatic carbocycles. The third-order valence-corrected chi connectivity index (χ3v) is 26.2. The van der Waals surface area contributed by atoms with Gasteiger partial charge in [-0.1, -0.05) is 78.1 Å². The predicted molar refractivity (Wildman–Crippen MR) is 397 cm³/mol. The van der Waals surface area contributed by atoms with E-state index < -0.39 is 218 Å². The van der Waals surface area contributed by atoms with Gasteiger partial charge in [-0.25, -0.2) is 13.2 Å². The van der Waals surface area contributed by atoms with Crippen LogP contribution in [0, 0.1) is 35.5 Å². The summed E-state index contributed by atoms with van der Waals surface area (Å²) < 4.78 is 99.6. The molecule has 0 aromatic carbocycles. The first-order valence-corrected chi connectivity index (χ1v) is 41.2. The van der Waals surface area contributed by atoms with Crippen molar-refractivity contribution in [1.29, 1.82) is 0 Å². The number of carbonyl (C=O) groups excluding carboxylic acids is 12. The van der Waals surface area contributed by atoms with Gasteiger partial charge in [-0.05, 0) is 146 Å². The number of morpholine rings is 1. The number of carbonyl (C=O) groups is 12. The second-order valence-corrected chi connectivity index (χ2v) is 33.7. The first-order valence-electron chi connectivity index (χ1n) is 41.2. The van der Waals surface area contributed by atoms with E-state index >= 15 is 56.7 Å². The summed E-state index contributed by atoms with van der Waals surface area (Å²) in [5.74, 6) is -13.7. The highest BCUT2D eigenvalue weighted by molar-refractivity contribution is 6.01. The van der Waals surface area contributed by atoms with Crippen molar-refractivity contribution in [2.24, 2.45) is 35.5 Å². The number of rotatable bonds is 13. The summed E-state index contributed by atoms with van der Waals surface area (Å²) >= 11 is 0. The Hall–Kier alpha value is -6.86. The molecule has 4 saturated heterocycles. The van der Waals surface area contributed by atoms with Crippen LogP contribution in [0.25, 0.3) is 0 Å². The molecular weight excluding hydrogens is 1450 g/mol. The Kier molecular flexibility index (Phi) is 31.3. The molecule has 2 unspecified atom stereocenters. The quantitative estimate of drug-likeness (QED) is 0.168. The van der Waals surface area contributed by atoms with E-state index in [1.165, 1.54) is 81.5 Å². The zero-order chi connectivity index (χ0) is 80.9. The zero-order valence-corrected chi connectivity index (χ0v) is 66.8. The van der Waals surface area contributed by atoms with Crippen LogP contribution in [0.1, 0.15) is 207 Å². The lowest BCUT2D eigenvalue weighted by molar-refractivity contribution is -0.219. The minimum absolute atomic E-state index is 0.0182. The second kappa shape index (κ2) is 39.5. The number of hydrogen-bond acceptors (Lipinski definition) is 14. The Morgan fingerprint density at radius 3 is 1.79 bits per heavy atom. The minimum atomic E-state index is -5.19. The third-order valence-electron chi connectivity index (χ3n) is 26.2. The van der Waals surface area contributed by atoms with Crippen LogP contribution in [0.2, 0.25) is 0 Å². The molecular formula is C79H124F6N12O14. The molecule has 4 aliphatic heterocycles. The fourth-order valence-corrected chi connectivity index (χ4v) is 18.9. The van der Waals surface area contributed by atoms with Gasteiger partial charge >= 0.3 is 6.18 Å². The van der Waals surface area contributed by atoms with Crippen molar-refractivity contribution in [3.63, 3.8) is 0 Å². The topological polar surface area (TPSA) is 289 Å². The number of nitrogens with zero attached hydrogens (tertiary/aromatic N) is 9. The molecule has 26 nitrogen and oxygen atoms in total. The van der Waals surface area contributed by atoms with Crippen molar-refractivity contribution in [3.05, 3.63) is 0 Å². The highest BCUT2D eigenvalue weighted by Gasteiger charge is 2.56. The summed E-state index contributed by atoms with van der Waals surface area (Å²) in [4.78, 5) is 195. The molecule has 0 radical (unpaired) electrons. The molecule has 5 saturated carbocycles. The van der Waals surface area contributed by atoms with Gasteiger partial charge in [0.25, 0.3) is 0 Å². The number of hydrogen-bond donors (Lipinski definition) is 3. The van der Waals surface area contributed by atoms with E-state index in [0.717, 1.165) is 37.0 Å². The standard InChI is InChI=1S/C79H124F6N12O14/c1-10-48(3)67-75(107)90(5)47-65(100)91(6)58-25-16-13-19-34-96(74(58)106)62(42-50-26-29-53(80)30-27-50)72(104)89(4)46-63(98)86-57(31-28-51-39-55(81)66(56(82)40-51)79(83,84)85)71(103)97-45-54(111-11-2)43-60(97)70(102)88-78(32-20-33-78)77(109)94(9)68(52-23-17-18-24-52)76(108)93(8)61(73(105)95-35-37-110-38-36-95)44-64(99)92(7)59(69(101)87-67)41-49-21-14-12-15-22-49/h48-62,66-68H,10-47H2,1-9H3,(H,86,98)(H,87,101)(H,88,102)/t48-,50?,51?,53?,54+,55?,56?,57-,58-,59-,60-,61-,62-,66?,67-,68-/m0/s1. The fraction of sp³-hybridized carbons (Fsp3) is 0.848. The largest absolute Gasteiger partial charge is 0.397 e. The maximum Gasteiger partial charge on any atom is 0.397 e. The lowest BCUT2D eigenvalue weighted by Gasteiger charge is -2.47. The number of alkyl halides is 6. The van der Waals surface area contributed by atoms with Gasteiger partial charge in [-0.15, -0.1) is 0 Å². The van der Waals surface area contributed by atoms with E-state index in [9.17, 15) is 27.2 Å². The van der Waals surface area contributed by atoms with E-state index in [2.05, 4.69) is 16.0 Å². The van der Waals surface area contributed by atoms with Crippen LogP contribution in [0.5, 0.6) is 0 Å². The lowest BCUT2D eigenvalue weighted by atomic mass is 9.74. The Balaban J connectivity index is 1.11. The highest BCUT2D eigenvalue weighted by atomic mass is 19.4. The molecule has 626 valence electrons. The van der Waals surface area contributed by atoms with Crippen LogP contribution < -0.4 is 16.0 Å². The first-order chi connectivity index (χ1) is 52.7. The first kappa shape index (κ1) is 88.1. The summed E-state index contributed by atoms with van der Waals surface area (Å²) in [6, 6.07) is -10.7. The van der Waals surface area contributed by atoms with Gasteiger partial charge in [0.05, 0.1) is 38.8 Å². The van der Waals surface area contributed by atoms with Gasteiger partial charge in [-0.3, -0.25) is 57.5 Å². The number of nitrogens with one attached hydrogen (secondary N) is 3. The summed E-state index contributed by atoms with van der Waals surface area (Å²) in [6.07, 6.45) is -4.57. The Morgan fingerprint density at radius 2 is 1.18 bits per heavy atom. The molecule has 32 heteroatoms. The Morgan fingerprint density at radius 1 is 0.577 bits per heavy atom. The predicted octanol–water partition coefficient (Wildman–Crippen LogP) is 6.43. The number of halogens is 6. The second-order valence-electron chi connectivity index (χ2n) is 33.7. The van der Waals surface area contributed by atoms with Crippen molar-refractivity contribution < 1.29 is 93.4 Å². The van der Waals surface area contributed by atoms with Crippen LogP contribution in [0.4, 0.5) is 26.3 Å². The summed E-state index contributed by atoms with van der Waals surface area (Å²) in [7, 11) is 8.49. The molecule has 9 rings (SSSR count). The monoisotopic (exact) mass is 1580 g/mol. The SMILES string of the molecule is CCO[C@@H]1C[C@H]2C(=O)NC3(CCC3)C(=O)N(C)[C@@H](C3CCCC3)C(=O)N(C)[C@H](C(=O)N3CCOCC3)CC(=O)N(C)[C@@H](CC3CCCCC3)C(=O)N[C@@H]([C@@H](C)CC)C(=O)N(C)CC(=O)N(C)[C@H]3CCCCCN(C3=O)[C@@H](CC3CCC(F)CC3)C(=O)N(C)CC(=O)N[C@@H](CCC3CC(F)C(C(F)(F)F)C(F)C3)C(=O)N2C1. The molecule has 1 spiro atoms. The van der Waals surface area contributed by atoms with Gasteiger partial charge in [0.1, 0.15) is 78.3 Å². The van der Waals surface area contributed by atoms with Crippen LogP contribution >= 0.6 is 0 Å². The molecule has 12 atom stereocenters. The molecule has 4 heterocycles. The van der Waals surface area contributed by atoms with Gasteiger partial charge in [0.2, 0.25) is 70.9 Å². The van der Waals surface area contributed by atoms with Crippen LogP contribution in [0.15, 0.2) is 0 Å². The van der Waals surface area contributed by atoms with E-state index in [1.807, 2.05) is 6.92 Å². The third kappa shape index (κ3) is 21.6. The summed E-state index contributed by atoms with van der Waals surface area (Å²) in [6.45, 7) is 4.48. The van der Waals surface area contributed by atoms with Crippen molar-refractivity contribution in [3.8, 4) is 0 Å². The van der Waals surface area contributed by atoms with E-state index in [0.29, 0.717) is 70.6 Å². The number of amides is 12. The Bertz CT molecular complexity index is 3250. The highest BCUT2D eigenvalue weighted by Crippen LogP contribution is 2.45. The molecule has 9 aliphatic rings. The zero-order valence-electron chi connectivity index (χ0n) is 66.8. The molecule has 9 fully saturated rings. The average molecular weight is 1580 g/mol. The van der Waals surface area contributed by atoms with Gasteiger partial charge in [-0.2, -0.15) is 13.2 Å². The smallest absolute Gasteiger partial charge is 0.378 e. The van der Waals surface area contributed by atoms with E-state index in [-0.39, 0.29) is 116 Å². The van der Waals surface area contributed by atoms with Gasteiger partial charge < -0.3 is 69.5 Å². The number of fused-ring (bicyclic) bond motifs is 3. The number of ether oxygens (including phenoxy) is 2. The Labute approximate surface area is 650 Å². The van der Waals surface area contributed by atoms with E-state index in [1.54, 1.807) is 13.8 Å². The maximum absolute atomic E-state index is 15.9.